The molecule has 0 bridgehead atoms. The average Bonchev–Trinajstić information content (AvgIpc) is 2.63. The Morgan fingerprint density at radius 1 is 1.71 bits per heavy atom. The summed E-state index contributed by atoms with van der Waals surface area (Å²) in [5.41, 5.74) is 6.00. The van der Waals surface area contributed by atoms with Gasteiger partial charge < -0.3 is 10.5 Å². The second kappa shape index (κ2) is 3.38. The van der Waals surface area contributed by atoms with E-state index in [1.54, 1.807) is 10.9 Å². The summed E-state index contributed by atoms with van der Waals surface area (Å²) in [5, 5.41) is 7.55. The van der Waals surface area contributed by atoms with Crippen molar-refractivity contribution in [3.63, 3.8) is 0 Å². The first-order valence-electron chi connectivity index (χ1n) is 4.48. The van der Waals surface area contributed by atoms with Crippen LogP contribution in [-0.4, -0.2) is 34.1 Å². The van der Waals surface area contributed by atoms with Gasteiger partial charge in [0, 0.05) is 6.04 Å². The lowest BCUT2D eigenvalue weighted by Gasteiger charge is -2.32. The van der Waals surface area contributed by atoms with Gasteiger partial charge >= 0.3 is 5.97 Å². The van der Waals surface area contributed by atoms with Crippen LogP contribution in [0, 0.1) is 0 Å². The normalized spacial score (nSPS) is 25.6. The molecule has 6 heteroatoms. The molecule has 0 amide bonds. The van der Waals surface area contributed by atoms with Gasteiger partial charge in [-0.05, 0) is 12.8 Å². The Balaban J connectivity index is 2.13. The maximum atomic E-state index is 11.1. The van der Waals surface area contributed by atoms with Crippen molar-refractivity contribution in [1.82, 2.24) is 15.0 Å². The largest absolute Gasteiger partial charge is 0.464 e. The summed E-state index contributed by atoms with van der Waals surface area (Å²) in [7, 11) is 1.32. The third kappa shape index (κ3) is 1.37. The molecule has 0 radical (unpaired) electrons. The number of nitrogens with two attached hydrogens (primary N) is 1. The zero-order valence-electron chi connectivity index (χ0n) is 7.88. The van der Waals surface area contributed by atoms with Crippen molar-refractivity contribution in [3.8, 4) is 0 Å². The second-order valence-electron chi connectivity index (χ2n) is 3.38. The van der Waals surface area contributed by atoms with E-state index in [2.05, 4.69) is 15.0 Å². The van der Waals surface area contributed by atoms with Crippen molar-refractivity contribution in [3.05, 3.63) is 11.9 Å². The van der Waals surface area contributed by atoms with Crippen LogP contribution in [-0.2, 0) is 4.74 Å². The number of carbonyl (C=O) groups excluding carboxylic acids is 1. The molecule has 0 spiro atoms. The van der Waals surface area contributed by atoms with Crippen LogP contribution in [0.1, 0.15) is 29.4 Å². The first-order chi connectivity index (χ1) is 6.72. The van der Waals surface area contributed by atoms with E-state index in [1.165, 1.54) is 7.11 Å². The quantitative estimate of drug-likeness (QED) is 0.658. The summed E-state index contributed by atoms with van der Waals surface area (Å²) in [6.07, 6.45) is 3.57. The van der Waals surface area contributed by atoms with Crippen molar-refractivity contribution in [2.45, 2.75) is 24.9 Å². The molecule has 1 heterocycles. The van der Waals surface area contributed by atoms with Gasteiger partial charge in [0.1, 0.15) is 0 Å². The van der Waals surface area contributed by atoms with Crippen LogP contribution >= 0.6 is 0 Å². The minimum absolute atomic E-state index is 0.127. The number of carbonyl (C=O) groups is 1. The first kappa shape index (κ1) is 9.14. The van der Waals surface area contributed by atoms with E-state index >= 15 is 0 Å². The molecule has 14 heavy (non-hydrogen) atoms. The number of hydrogen-bond acceptors (Lipinski definition) is 5. The highest BCUT2D eigenvalue weighted by Crippen LogP contribution is 2.29. The van der Waals surface area contributed by atoms with Crippen LogP contribution in [0.25, 0.3) is 0 Å². The zero-order valence-corrected chi connectivity index (χ0v) is 7.88. The number of hydrogen-bond donors (Lipinski definition) is 1. The molecule has 2 unspecified atom stereocenters. The molecular weight excluding hydrogens is 184 g/mol. The molecule has 1 aliphatic rings. The highest BCUT2D eigenvalue weighted by molar-refractivity contribution is 5.86. The number of methoxy groups -OCH3 is 1. The molecule has 2 N–H and O–H groups in total. The van der Waals surface area contributed by atoms with E-state index < -0.39 is 5.97 Å². The predicted molar refractivity (Wildman–Crippen MR) is 47.6 cm³/mol. The first-order valence-corrected chi connectivity index (χ1v) is 4.48. The fraction of sp³-hybridized carbons (Fsp3) is 0.625. The fourth-order valence-corrected chi connectivity index (χ4v) is 1.47. The van der Waals surface area contributed by atoms with Gasteiger partial charge in [-0.2, -0.15) is 0 Å². The van der Waals surface area contributed by atoms with E-state index in [1.807, 2.05) is 0 Å². The zero-order chi connectivity index (χ0) is 10.1. The predicted octanol–water partition coefficient (Wildman–Crippen LogP) is -0.273. The Morgan fingerprint density at radius 3 is 3.00 bits per heavy atom. The van der Waals surface area contributed by atoms with E-state index in [-0.39, 0.29) is 17.8 Å². The van der Waals surface area contributed by atoms with Gasteiger partial charge in [0.05, 0.1) is 19.3 Å². The van der Waals surface area contributed by atoms with Gasteiger partial charge in [-0.1, -0.05) is 5.21 Å². The van der Waals surface area contributed by atoms with E-state index in [9.17, 15) is 4.79 Å². The Morgan fingerprint density at radius 2 is 2.50 bits per heavy atom. The minimum atomic E-state index is -0.468. The number of aromatic nitrogens is 3. The molecule has 1 fully saturated rings. The van der Waals surface area contributed by atoms with Crippen molar-refractivity contribution in [2.24, 2.45) is 5.73 Å². The van der Waals surface area contributed by atoms with Crippen LogP contribution in [0.3, 0.4) is 0 Å². The van der Waals surface area contributed by atoms with Crippen molar-refractivity contribution >= 4 is 5.97 Å². The maximum absolute atomic E-state index is 11.1. The van der Waals surface area contributed by atoms with Gasteiger partial charge in [-0.15, -0.1) is 5.10 Å². The molecule has 1 aliphatic carbocycles. The molecule has 0 saturated heterocycles. The average molecular weight is 196 g/mol. The molecule has 0 aromatic carbocycles. The molecule has 1 aromatic rings. The molecular formula is C8H12N4O2. The van der Waals surface area contributed by atoms with Crippen LogP contribution < -0.4 is 5.73 Å². The summed E-state index contributed by atoms with van der Waals surface area (Å²) in [5.74, 6) is -0.468. The highest BCUT2D eigenvalue weighted by atomic mass is 16.5. The van der Waals surface area contributed by atoms with Crippen LogP contribution in [0.5, 0.6) is 0 Å². The molecule has 2 rings (SSSR count). The number of rotatable bonds is 2. The van der Waals surface area contributed by atoms with Gasteiger partial charge in [0.25, 0.3) is 0 Å². The number of esters is 1. The smallest absolute Gasteiger partial charge is 0.360 e. The number of nitrogens with zero attached hydrogens (tertiary/aromatic N) is 3. The summed E-state index contributed by atoms with van der Waals surface area (Å²) in [4.78, 5) is 11.1. The van der Waals surface area contributed by atoms with Crippen LogP contribution in [0.15, 0.2) is 6.20 Å². The summed E-state index contributed by atoms with van der Waals surface area (Å²) >= 11 is 0. The van der Waals surface area contributed by atoms with Gasteiger partial charge in [-0.3, -0.25) is 0 Å². The van der Waals surface area contributed by atoms with E-state index in [0.29, 0.717) is 0 Å². The molecule has 0 aliphatic heterocycles. The topological polar surface area (TPSA) is 83.0 Å². The minimum Gasteiger partial charge on any atom is -0.464 e. The Bertz CT molecular complexity index is 349. The molecule has 2 atom stereocenters. The number of ether oxygens (including phenoxy) is 1. The second-order valence-corrected chi connectivity index (χ2v) is 3.38. The summed E-state index contributed by atoms with van der Waals surface area (Å²) < 4.78 is 6.16. The van der Waals surface area contributed by atoms with Crippen molar-refractivity contribution in [1.29, 1.82) is 0 Å². The third-order valence-corrected chi connectivity index (χ3v) is 2.53. The Kier molecular flexibility index (Phi) is 2.20. The molecule has 6 nitrogen and oxygen atoms in total. The van der Waals surface area contributed by atoms with Gasteiger partial charge in [0.15, 0.2) is 5.69 Å². The monoisotopic (exact) mass is 196 g/mol. The summed E-state index contributed by atoms with van der Waals surface area (Å²) in [6.45, 7) is 0. The lowest BCUT2D eigenvalue weighted by atomic mass is 9.87. The van der Waals surface area contributed by atoms with Gasteiger partial charge in [0.2, 0.25) is 0 Å². The highest BCUT2D eigenvalue weighted by Gasteiger charge is 2.30. The third-order valence-electron chi connectivity index (χ3n) is 2.53. The van der Waals surface area contributed by atoms with Crippen LogP contribution in [0.2, 0.25) is 0 Å². The molecule has 1 aromatic heterocycles. The van der Waals surface area contributed by atoms with E-state index in [4.69, 9.17) is 5.73 Å². The summed E-state index contributed by atoms with van der Waals surface area (Å²) in [6, 6.07) is 0.308. The fourth-order valence-electron chi connectivity index (χ4n) is 1.47. The van der Waals surface area contributed by atoms with Crippen LogP contribution in [0.4, 0.5) is 0 Å². The lowest BCUT2D eigenvalue weighted by Crippen LogP contribution is -2.41. The SMILES string of the molecule is COC(=O)c1cn(C2CCC2N)nn1. The molecule has 1 saturated carbocycles. The van der Waals surface area contributed by atoms with Crippen molar-refractivity contribution in [2.75, 3.05) is 7.11 Å². The van der Waals surface area contributed by atoms with E-state index in [0.717, 1.165) is 12.8 Å². The van der Waals surface area contributed by atoms with Gasteiger partial charge in [-0.25, -0.2) is 9.48 Å². The maximum Gasteiger partial charge on any atom is 0.360 e. The Labute approximate surface area is 81.0 Å². The Hall–Kier alpha value is -1.43. The lowest BCUT2D eigenvalue weighted by molar-refractivity contribution is 0.0594. The standard InChI is InChI=1S/C8H12N4O2/c1-14-8(13)6-4-12(11-10-6)7-3-2-5(7)9/h4-5,7H,2-3,9H2,1H3. The molecule has 76 valence electrons. The van der Waals surface area contributed by atoms with Crippen molar-refractivity contribution < 1.29 is 9.53 Å².